The van der Waals surface area contributed by atoms with Gasteiger partial charge in [0.2, 0.25) is 35.4 Å². The van der Waals surface area contributed by atoms with E-state index in [0.29, 0.717) is 49.2 Å². The number of likely N-dealkylation sites (tertiary alicyclic amines) is 2. The maximum atomic E-state index is 13.3. The third kappa shape index (κ3) is 13.2. The second-order valence-electron chi connectivity index (χ2n) is 17.7. The molecule has 0 atom stereocenters. The molecule has 2 aliphatic heterocycles. The Balaban J connectivity index is 0.000000206. The van der Waals surface area contributed by atoms with E-state index in [1.165, 1.54) is 11.1 Å². The Hall–Kier alpha value is -7.04. The molecule has 8 rings (SSSR count). The molecular formula is C54H66N8O8. The van der Waals surface area contributed by atoms with Crippen LogP contribution in [0.4, 0.5) is 11.4 Å². The van der Waals surface area contributed by atoms with Crippen LogP contribution in [0.15, 0.2) is 130 Å². The number of nitrogens with zero attached hydrogens (tertiary/aromatic N) is 6. The lowest BCUT2D eigenvalue weighted by Gasteiger charge is -2.45. The van der Waals surface area contributed by atoms with Crippen LogP contribution in [0.3, 0.4) is 0 Å². The summed E-state index contributed by atoms with van der Waals surface area (Å²) in [6.45, 7) is 13.8. The summed E-state index contributed by atoms with van der Waals surface area (Å²) in [6, 6.07) is 41.1. The number of hydrogen-bond donors (Lipinski definition) is 2. The van der Waals surface area contributed by atoms with E-state index in [-0.39, 0.29) is 11.8 Å². The number of piperidine rings is 2. The second kappa shape index (κ2) is 25.5. The van der Waals surface area contributed by atoms with Crippen LogP contribution < -0.4 is 29.8 Å². The molecule has 2 saturated heterocycles. The van der Waals surface area contributed by atoms with Crippen LogP contribution in [-0.4, -0.2) is 83.4 Å². The van der Waals surface area contributed by atoms with E-state index in [0.717, 1.165) is 89.2 Å². The highest BCUT2D eigenvalue weighted by molar-refractivity contribution is 6.25. The van der Waals surface area contributed by atoms with E-state index in [1.54, 1.807) is 9.80 Å². The van der Waals surface area contributed by atoms with Gasteiger partial charge in [0, 0.05) is 75.6 Å². The van der Waals surface area contributed by atoms with Gasteiger partial charge in [-0.2, -0.15) is 0 Å². The molecule has 0 spiro atoms. The van der Waals surface area contributed by atoms with Gasteiger partial charge < -0.3 is 38.4 Å². The molecule has 2 amide bonds. The van der Waals surface area contributed by atoms with Crippen LogP contribution in [0.5, 0.6) is 0 Å². The van der Waals surface area contributed by atoms with Crippen molar-refractivity contribution >= 4 is 35.1 Å². The fourth-order valence-corrected chi connectivity index (χ4v) is 9.43. The lowest BCUT2D eigenvalue weighted by Crippen LogP contribution is -3.14. The number of nitrogens with one attached hydrogen (secondary N) is 2. The number of anilines is 2. The highest BCUT2D eigenvalue weighted by Gasteiger charge is 2.51. The van der Waals surface area contributed by atoms with Crippen molar-refractivity contribution < 1.29 is 48.0 Å². The largest absolute Gasteiger partial charge is 0.543 e. The first-order chi connectivity index (χ1) is 34.0. The number of quaternary nitrogens is 2. The zero-order valence-corrected chi connectivity index (χ0v) is 40.8. The Labute approximate surface area is 410 Å². The Morgan fingerprint density at radius 3 is 1.09 bits per heavy atom. The molecule has 0 bridgehead atoms. The molecule has 4 heterocycles. The average molecular weight is 955 g/mol. The van der Waals surface area contributed by atoms with E-state index < -0.39 is 23.0 Å². The number of carbonyl (C=O) groups is 4. The van der Waals surface area contributed by atoms with Crippen molar-refractivity contribution in [3.63, 3.8) is 0 Å². The SMILES string of the molecule is CCC(=O)N(c1ccccc1)C1(c2nnc(CC)o2)CC[NH+](CCc2ccccc2)CC1.CCC(=O)N(c1ccccc1)C1(c2nnc(CC)o2)CC[NH+](CCc2ccccc2)CC1.O=C([O-])C(=O)[O-]. The van der Waals surface area contributed by atoms with Gasteiger partial charge in [0.05, 0.1) is 51.2 Å². The van der Waals surface area contributed by atoms with Crippen molar-refractivity contribution in [2.75, 3.05) is 49.1 Å². The predicted octanol–water partition coefficient (Wildman–Crippen LogP) is 2.87. The number of carbonyl (C=O) groups excluding carboxylic acids is 4. The van der Waals surface area contributed by atoms with Gasteiger partial charge in [-0.05, 0) is 35.4 Å². The lowest BCUT2D eigenvalue weighted by atomic mass is 9.84. The first kappa shape index (κ1) is 52.3. The summed E-state index contributed by atoms with van der Waals surface area (Å²) in [4.78, 5) is 51.4. The molecular weight excluding hydrogens is 889 g/mol. The summed E-state index contributed by atoms with van der Waals surface area (Å²) in [6.07, 6.45) is 7.51. The zero-order valence-electron chi connectivity index (χ0n) is 40.8. The molecule has 2 N–H and O–H groups in total. The summed E-state index contributed by atoms with van der Waals surface area (Å²) in [5.74, 6) is -1.82. The number of amides is 2. The normalized spacial score (nSPS) is 19.6. The Bertz CT molecular complexity index is 2360. The van der Waals surface area contributed by atoms with Crippen molar-refractivity contribution in [2.45, 2.75) is 103 Å². The van der Waals surface area contributed by atoms with E-state index in [9.17, 15) is 9.59 Å². The standard InChI is InChI=1S/2C26H32N4O2.C2H2O4/c2*1-3-23-27-28-25(32-23)26(30(24(31)4-2)22-13-9-6-10-14-22)16-19-29(20-17-26)18-15-21-11-7-5-8-12-21;3-1(4)2(5)6/h2*5-14H,3-4,15-20H2,1-2H3;(H,3,4)(H,5,6). The molecule has 0 saturated carbocycles. The van der Waals surface area contributed by atoms with Gasteiger partial charge in [-0.3, -0.25) is 19.4 Å². The minimum atomic E-state index is -2.19. The van der Waals surface area contributed by atoms with Crippen molar-refractivity contribution in [3.8, 4) is 0 Å². The number of para-hydroxylation sites is 2. The number of aryl methyl sites for hydroxylation is 2. The Kier molecular flexibility index (Phi) is 19.1. The van der Waals surface area contributed by atoms with E-state index in [4.69, 9.17) is 28.6 Å². The van der Waals surface area contributed by atoms with Crippen molar-refractivity contribution in [1.82, 2.24) is 20.4 Å². The Morgan fingerprint density at radius 1 is 0.500 bits per heavy atom. The van der Waals surface area contributed by atoms with Gasteiger partial charge in [0.1, 0.15) is 11.1 Å². The van der Waals surface area contributed by atoms with Crippen molar-refractivity contribution in [3.05, 3.63) is 156 Å². The molecule has 70 heavy (non-hydrogen) atoms. The quantitative estimate of drug-likeness (QED) is 0.134. The minimum Gasteiger partial charge on any atom is -0.543 e. The molecule has 0 aliphatic carbocycles. The van der Waals surface area contributed by atoms with Gasteiger partial charge >= 0.3 is 0 Å². The van der Waals surface area contributed by atoms with Crippen LogP contribution in [0.25, 0.3) is 0 Å². The summed E-state index contributed by atoms with van der Waals surface area (Å²) < 4.78 is 12.2. The molecule has 6 aromatic rings. The monoisotopic (exact) mass is 955 g/mol. The number of aromatic nitrogens is 4. The third-order valence-electron chi connectivity index (χ3n) is 13.3. The average Bonchev–Trinajstić information content (AvgIpc) is 4.12. The van der Waals surface area contributed by atoms with Crippen LogP contribution in [0.1, 0.15) is 101 Å². The molecule has 2 fully saturated rings. The minimum absolute atomic E-state index is 0.0835. The summed E-state index contributed by atoms with van der Waals surface area (Å²) in [7, 11) is 0. The van der Waals surface area contributed by atoms with Gasteiger partial charge in [0.25, 0.3) is 0 Å². The van der Waals surface area contributed by atoms with E-state index in [1.807, 2.05) is 98.2 Å². The molecule has 370 valence electrons. The maximum absolute atomic E-state index is 13.3. The molecule has 4 aromatic carbocycles. The highest BCUT2D eigenvalue weighted by Crippen LogP contribution is 2.41. The smallest absolute Gasteiger partial charge is 0.242 e. The van der Waals surface area contributed by atoms with Crippen molar-refractivity contribution in [2.24, 2.45) is 0 Å². The van der Waals surface area contributed by atoms with Crippen LogP contribution in [0, 0.1) is 0 Å². The molecule has 16 nitrogen and oxygen atoms in total. The van der Waals surface area contributed by atoms with Crippen LogP contribution in [0.2, 0.25) is 0 Å². The van der Waals surface area contributed by atoms with Gasteiger partial charge in [-0.15, -0.1) is 20.4 Å². The fourth-order valence-electron chi connectivity index (χ4n) is 9.43. The first-order valence-electron chi connectivity index (χ1n) is 24.6. The van der Waals surface area contributed by atoms with E-state index >= 15 is 0 Å². The number of carboxylic acid groups (broad SMARTS) is 2. The van der Waals surface area contributed by atoms with Gasteiger partial charge in [-0.25, -0.2) is 0 Å². The van der Waals surface area contributed by atoms with Gasteiger partial charge in [-0.1, -0.05) is 125 Å². The topological polar surface area (TPSA) is 208 Å². The Morgan fingerprint density at radius 2 is 0.814 bits per heavy atom. The number of hydrogen-bond acceptors (Lipinski definition) is 12. The van der Waals surface area contributed by atoms with Crippen LogP contribution >= 0.6 is 0 Å². The summed E-state index contributed by atoms with van der Waals surface area (Å²) in [5, 5.41) is 35.2. The first-order valence-corrected chi connectivity index (χ1v) is 24.6. The van der Waals surface area contributed by atoms with Crippen molar-refractivity contribution in [1.29, 1.82) is 0 Å². The number of rotatable bonds is 16. The zero-order chi connectivity index (χ0) is 49.9. The van der Waals surface area contributed by atoms with Gasteiger partial charge in [0.15, 0.2) is 0 Å². The van der Waals surface area contributed by atoms with Crippen LogP contribution in [-0.2, 0) is 55.9 Å². The summed E-state index contributed by atoms with van der Waals surface area (Å²) >= 11 is 0. The molecule has 16 heteroatoms. The number of aliphatic carboxylic acids is 2. The molecule has 0 radical (unpaired) electrons. The summed E-state index contributed by atoms with van der Waals surface area (Å²) in [5.41, 5.74) is 3.31. The molecule has 2 aromatic heterocycles. The maximum Gasteiger partial charge on any atom is 0.242 e. The second-order valence-corrected chi connectivity index (χ2v) is 17.7. The predicted molar refractivity (Wildman–Crippen MR) is 259 cm³/mol. The fraction of sp³-hybridized carbons (Fsp3) is 0.407. The molecule has 2 aliphatic rings. The van der Waals surface area contributed by atoms with E-state index in [2.05, 4.69) is 81.1 Å². The third-order valence-corrected chi connectivity index (χ3v) is 13.3. The molecule has 0 unspecified atom stereocenters. The highest BCUT2D eigenvalue weighted by atomic mass is 16.4. The number of benzene rings is 4. The number of carboxylic acids is 2. The lowest BCUT2D eigenvalue weighted by molar-refractivity contribution is -0.906.